The Morgan fingerprint density at radius 2 is 1.92 bits per heavy atom. The number of ether oxygens (including phenoxy) is 1. The van der Waals surface area contributed by atoms with Gasteiger partial charge in [-0.1, -0.05) is 0 Å². The molecule has 1 aliphatic heterocycles. The van der Waals surface area contributed by atoms with E-state index in [0.29, 0.717) is 0 Å². The molecule has 0 radical (unpaired) electrons. The van der Waals surface area contributed by atoms with Gasteiger partial charge in [0.05, 0.1) is 6.10 Å². The van der Waals surface area contributed by atoms with E-state index >= 15 is 0 Å². The lowest BCUT2D eigenvalue weighted by atomic mass is 10.0. The average Bonchev–Trinajstić information content (AvgIpc) is 1.96. The van der Waals surface area contributed by atoms with Gasteiger partial charge in [0, 0.05) is 6.42 Å². The zero-order valence-electron chi connectivity index (χ0n) is 6.67. The monoisotopic (exact) mass is 176 g/mol. The molecule has 0 amide bonds. The van der Waals surface area contributed by atoms with E-state index in [1.165, 1.54) is 6.92 Å². The van der Waals surface area contributed by atoms with Crippen LogP contribution < -0.4 is 0 Å². The van der Waals surface area contributed by atoms with Gasteiger partial charge in [-0.2, -0.15) is 0 Å². The number of hydrogen-bond donors (Lipinski definition) is 3. The van der Waals surface area contributed by atoms with Crippen LogP contribution in [0.2, 0.25) is 0 Å². The lowest BCUT2D eigenvalue weighted by Gasteiger charge is -2.32. The number of Topliss-reactive ketones (excluding diaryl/α,β-unsaturated/α-hetero) is 1. The molecule has 3 N–H and O–H groups in total. The van der Waals surface area contributed by atoms with Gasteiger partial charge in [0.25, 0.3) is 0 Å². The van der Waals surface area contributed by atoms with Crippen LogP contribution in [-0.2, 0) is 9.53 Å². The van der Waals surface area contributed by atoms with Crippen molar-refractivity contribution >= 4 is 5.78 Å². The molecule has 0 saturated carbocycles. The SMILES string of the molecule is CC(=O)C1OC(O)C(O)CC1O. The zero-order chi connectivity index (χ0) is 9.30. The van der Waals surface area contributed by atoms with E-state index in [4.69, 9.17) is 10.2 Å². The summed E-state index contributed by atoms with van der Waals surface area (Å²) < 4.78 is 4.68. The van der Waals surface area contributed by atoms with Gasteiger partial charge in [0.2, 0.25) is 0 Å². The molecule has 1 fully saturated rings. The van der Waals surface area contributed by atoms with Crippen molar-refractivity contribution in [3.8, 4) is 0 Å². The summed E-state index contributed by atoms with van der Waals surface area (Å²) in [6.45, 7) is 1.26. The predicted molar refractivity (Wildman–Crippen MR) is 38.2 cm³/mol. The summed E-state index contributed by atoms with van der Waals surface area (Å²) in [7, 11) is 0. The topological polar surface area (TPSA) is 87.0 Å². The summed E-state index contributed by atoms with van der Waals surface area (Å²) in [6.07, 6.45) is -4.56. The molecule has 4 unspecified atom stereocenters. The second-order valence-corrected chi connectivity index (χ2v) is 2.93. The molecule has 1 aliphatic rings. The third-order valence-electron chi connectivity index (χ3n) is 1.85. The van der Waals surface area contributed by atoms with E-state index in [0.717, 1.165) is 0 Å². The Kier molecular flexibility index (Phi) is 2.79. The predicted octanol–water partition coefficient (Wildman–Crippen LogP) is -1.60. The smallest absolute Gasteiger partial charge is 0.181 e. The van der Waals surface area contributed by atoms with Crippen LogP contribution in [0.4, 0.5) is 0 Å². The summed E-state index contributed by atoms with van der Waals surface area (Å²) in [5.74, 6) is -0.353. The minimum Gasteiger partial charge on any atom is -0.390 e. The van der Waals surface area contributed by atoms with Crippen molar-refractivity contribution < 1.29 is 24.9 Å². The Morgan fingerprint density at radius 1 is 1.33 bits per heavy atom. The highest BCUT2D eigenvalue weighted by atomic mass is 16.6. The van der Waals surface area contributed by atoms with Crippen molar-refractivity contribution in [2.24, 2.45) is 0 Å². The molecule has 0 aromatic carbocycles. The Labute approximate surface area is 69.6 Å². The van der Waals surface area contributed by atoms with Crippen LogP contribution in [0.5, 0.6) is 0 Å². The molecule has 1 saturated heterocycles. The van der Waals surface area contributed by atoms with E-state index in [1.807, 2.05) is 0 Å². The van der Waals surface area contributed by atoms with Gasteiger partial charge in [-0.3, -0.25) is 4.79 Å². The molecule has 0 spiro atoms. The van der Waals surface area contributed by atoms with Gasteiger partial charge in [0.1, 0.15) is 12.2 Å². The maximum atomic E-state index is 10.8. The Hall–Kier alpha value is -0.490. The maximum Gasteiger partial charge on any atom is 0.181 e. The molecular weight excluding hydrogens is 164 g/mol. The minimum absolute atomic E-state index is 0.0363. The van der Waals surface area contributed by atoms with Crippen LogP contribution in [0, 0.1) is 0 Å². The Morgan fingerprint density at radius 3 is 2.42 bits per heavy atom. The van der Waals surface area contributed by atoms with Crippen molar-refractivity contribution in [2.75, 3.05) is 0 Å². The quantitative estimate of drug-likeness (QED) is 0.448. The van der Waals surface area contributed by atoms with Gasteiger partial charge >= 0.3 is 0 Å². The summed E-state index contributed by atoms with van der Waals surface area (Å²) in [6, 6.07) is 0. The van der Waals surface area contributed by atoms with Gasteiger partial charge in [0.15, 0.2) is 12.1 Å². The lowest BCUT2D eigenvalue weighted by molar-refractivity contribution is -0.239. The van der Waals surface area contributed by atoms with Crippen LogP contribution in [0.25, 0.3) is 0 Å². The van der Waals surface area contributed by atoms with Crippen LogP contribution in [-0.4, -0.2) is 45.7 Å². The number of rotatable bonds is 1. The molecule has 0 aliphatic carbocycles. The number of ketones is 1. The highest BCUT2D eigenvalue weighted by Gasteiger charge is 2.37. The Bertz CT molecular complexity index is 181. The van der Waals surface area contributed by atoms with Crippen LogP contribution in [0.1, 0.15) is 13.3 Å². The van der Waals surface area contributed by atoms with Crippen molar-refractivity contribution in [3.05, 3.63) is 0 Å². The van der Waals surface area contributed by atoms with Crippen molar-refractivity contribution in [2.45, 2.75) is 37.9 Å². The van der Waals surface area contributed by atoms with E-state index in [-0.39, 0.29) is 12.2 Å². The fourth-order valence-corrected chi connectivity index (χ4v) is 1.19. The molecule has 0 aromatic rings. The van der Waals surface area contributed by atoms with Crippen LogP contribution in [0.3, 0.4) is 0 Å². The lowest BCUT2D eigenvalue weighted by Crippen LogP contribution is -2.49. The normalized spacial score (nSPS) is 42.7. The van der Waals surface area contributed by atoms with E-state index in [2.05, 4.69) is 4.74 Å². The highest BCUT2D eigenvalue weighted by molar-refractivity contribution is 5.81. The first-order valence-corrected chi connectivity index (χ1v) is 3.72. The van der Waals surface area contributed by atoms with Crippen molar-refractivity contribution in [1.29, 1.82) is 0 Å². The van der Waals surface area contributed by atoms with Crippen LogP contribution >= 0.6 is 0 Å². The van der Waals surface area contributed by atoms with E-state index in [9.17, 15) is 9.90 Å². The summed E-state index contributed by atoms with van der Waals surface area (Å²) in [5.41, 5.74) is 0. The molecule has 5 heteroatoms. The molecule has 1 rings (SSSR count). The minimum atomic E-state index is -1.37. The van der Waals surface area contributed by atoms with E-state index < -0.39 is 24.6 Å². The standard InChI is InChI=1S/C7H12O5/c1-3(8)6-4(9)2-5(10)7(11)12-6/h4-7,9-11H,2H2,1H3. The molecule has 12 heavy (non-hydrogen) atoms. The number of aliphatic hydroxyl groups excluding tert-OH is 3. The van der Waals surface area contributed by atoms with Gasteiger partial charge in [-0.25, -0.2) is 0 Å². The van der Waals surface area contributed by atoms with Gasteiger partial charge in [-0.05, 0) is 6.92 Å². The van der Waals surface area contributed by atoms with Crippen LogP contribution in [0.15, 0.2) is 0 Å². The molecular formula is C7H12O5. The second-order valence-electron chi connectivity index (χ2n) is 2.93. The molecule has 4 atom stereocenters. The number of aliphatic hydroxyl groups is 3. The fraction of sp³-hybridized carbons (Fsp3) is 0.857. The first kappa shape index (κ1) is 9.60. The molecule has 1 heterocycles. The summed E-state index contributed by atoms with van der Waals surface area (Å²) >= 11 is 0. The van der Waals surface area contributed by atoms with Gasteiger partial charge < -0.3 is 20.1 Å². The largest absolute Gasteiger partial charge is 0.390 e. The van der Waals surface area contributed by atoms with Crippen molar-refractivity contribution in [1.82, 2.24) is 0 Å². The summed E-state index contributed by atoms with van der Waals surface area (Å²) in [5, 5.41) is 27.2. The second kappa shape index (κ2) is 3.49. The Balaban J connectivity index is 2.61. The first-order chi connectivity index (χ1) is 5.52. The molecule has 0 bridgehead atoms. The average molecular weight is 176 g/mol. The fourth-order valence-electron chi connectivity index (χ4n) is 1.19. The van der Waals surface area contributed by atoms with Gasteiger partial charge in [-0.15, -0.1) is 0 Å². The summed E-state index contributed by atoms with van der Waals surface area (Å²) in [4.78, 5) is 10.8. The molecule has 70 valence electrons. The maximum absolute atomic E-state index is 10.8. The molecule has 0 aromatic heterocycles. The number of carbonyl (C=O) groups excluding carboxylic acids is 1. The number of hydrogen-bond acceptors (Lipinski definition) is 5. The molecule has 5 nitrogen and oxygen atoms in total. The van der Waals surface area contributed by atoms with E-state index in [1.54, 1.807) is 0 Å². The zero-order valence-corrected chi connectivity index (χ0v) is 6.67. The highest BCUT2D eigenvalue weighted by Crippen LogP contribution is 2.19. The third-order valence-corrected chi connectivity index (χ3v) is 1.85. The third kappa shape index (κ3) is 1.81. The first-order valence-electron chi connectivity index (χ1n) is 3.72. The van der Waals surface area contributed by atoms with Crippen molar-refractivity contribution in [3.63, 3.8) is 0 Å². The number of carbonyl (C=O) groups is 1.